The van der Waals surface area contributed by atoms with Crippen molar-refractivity contribution in [3.63, 3.8) is 0 Å². The lowest BCUT2D eigenvalue weighted by Crippen LogP contribution is -2.28. The van der Waals surface area contributed by atoms with Gasteiger partial charge < -0.3 is 5.32 Å². The monoisotopic (exact) mass is 242 g/mol. The van der Waals surface area contributed by atoms with Crippen molar-refractivity contribution in [1.82, 2.24) is 20.1 Å². The van der Waals surface area contributed by atoms with Crippen LogP contribution in [0.3, 0.4) is 0 Å². The molecule has 0 aliphatic rings. The molecule has 0 spiro atoms. The third-order valence-electron chi connectivity index (χ3n) is 2.18. The Labute approximate surface area is 100 Å². The van der Waals surface area contributed by atoms with Gasteiger partial charge in [0, 0.05) is 13.0 Å². The van der Waals surface area contributed by atoms with Crippen molar-refractivity contribution in [2.45, 2.75) is 39.7 Å². The Morgan fingerprint density at radius 3 is 2.88 bits per heavy atom. The molecule has 90 valence electrons. The van der Waals surface area contributed by atoms with E-state index in [1.165, 1.54) is 0 Å². The number of aromatic amines is 1. The molecule has 16 heavy (non-hydrogen) atoms. The third kappa shape index (κ3) is 3.44. The van der Waals surface area contributed by atoms with Crippen molar-refractivity contribution < 1.29 is 4.79 Å². The van der Waals surface area contributed by atoms with Crippen LogP contribution in [-0.4, -0.2) is 27.2 Å². The van der Waals surface area contributed by atoms with Gasteiger partial charge >= 0.3 is 0 Å². The molecule has 1 amide bonds. The van der Waals surface area contributed by atoms with Crippen LogP contribution in [0.4, 0.5) is 0 Å². The summed E-state index contributed by atoms with van der Waals surface area (Å²) >= 11 is 5.08. The number of aromatic nitrogens is 3. The predicted octanol–water partition coefficient (Wildman–Crippen LogP) is 1.42. The van der Waals surface area contributed by atoms with Crippen LogP contribution in [0.15, 0.2) is 0 Å². The molecule has 0 aromatic carbocycles. The van der Waals surface area contributed by atoms with E-state index in [4.69, 9.17) is 12.2 Å². The van der Waals surface area contributed by atoms with Crippen molar-refractivity contribution >= 4 is 18.1 Å². The number of nitrogens with one attached hydrogen (secondary N) is 2. The normalized spacial score (nSPS) is 10.4. The highest BCUT2D eigenvalue weighted by Crippen LogP contribution is 2.01. The first-order valence-electron chi connectivity index (χ1n) is 5.59. The molecule has 1 aromatic rings. The van der Waals surface area contributed by atoms with Gasteiger partial charge in [-0.3, -0.25) is 14.5 Å². The van der Waals surface area contributed by atoms with Crippen LogP contribution in [0.2, 0.25) is 0 Å². The highest BCUT2D eigenvalue weighted by Gasteiger charge is 2.08. The standard InChI is InChI=1S/C10H18N4OS/c1-3-5-8-12-13-10(16)14(8)7-9(15)11-6-4-2/h3-7H2,1-2H3,(H,11,15)(H,13,16). The van der Waals surface area contributed by atoms with Crippen molar-refractivity contribution in [2.24, 2.45) is 0 Å². The van der Waals surface area contributed by atoms with Gasteiger partial charge in [-0.05, 0) is 25.1 Å². The lowest BCUT2D eigenvalue weighted by molar-refractivity contribution is -0.121. The van der Waals surface area contributed by atoms with Crippen LogP contribution < -0.4 is 5.32 Å². The number of rotatable bonds is 6. The summed E-state index contributed by atoms with van der Waals surface area (Å²) in [6, 6.07) is 0. The number of aryl methyl sites for hydroxylation is 1. The summed E-state index contributed by atoms with van der Waals surface area (Å²) in [6.45, 7) is 5.04. The molecule has 0 aliphatic carbocycles. The van der Waals surface area contributed by atoms with Gasteiger partial charge in [-0.25, -0.2) is 0 Å². The minimum atomic E-state index is -0.0169. The lowest BCUT2D eigenvalue weighted by atomic mass is 10.3. The van der Waals surface area contributed by atoms with E-state index in [0.717, 1.165) is 25.1 Å². The van der Waals surface area contributed by atoms with E-state index in [1.807, 2.05) is 6.92 Å². The number of carbonyl (C=O) groups excluding carboxylic acids is 1. The second-order valence-electron chi connectivity index (χ2n) is 3.63. The zero-order chi connectivity index (χ0) is 12.0. The molecule has 0 saturated carbocycles. The molecule has 0 aliphatic heterocycles. The molecule has 0 radical (unpaired) electrons. The molecule has 0 unspecified atom stereocenters. The highest BCUT2D eigenvalue weighted by atomic mass is 32.1. The molecule has 0 bridgehead atoms. The summed E-state index contributed by atoms with van der Waals surface area (Å²) in [4.78, 5) is 11.6. The topological polar surface area (TPSA) is 62.7 Å². The Hall–Kier alpha value is -1.17. The van der Waals surface area contributed by atoms with E-state index in [0.29, 0.717) is 11.3 Å². The Morgan fingerprint density at radius 2 is 2.25 bits per heavy atom. The highest BCUT2D eigenvalue weighted by molar-refractivity contribution is 7.71. The van der Waals surface area contributed by atoms with E-state index in [1.54, 1.807) is 4.57 Å². The van der Waals surface area contributed by atoms with E-state index >= 15 is 0 Å². The summed E-state index contributed by atoms with van der Waals surface area (Å²) in [7, 11) is 0. The van der Waals surface area contributed by atoms with Crippen molar-refractivity contribution in [3.8, 4) is 0 Å². The summed E-state index contributed by atoms with van der Waals surface area (Å²) in [5, 5.41) is 9.64. The number of nitrogens with zero attached hydrogens (tertiary/aromatic N) is 2. The number of hydrogen-bond donors (Lipinski definition) is 2. The van der Waals surface area contributed by atoms with E-state index in [9.17, 15) is 4.79 Å². The second kappa shape index (κ2) is 6.42. The third-order valence-corrected chi connectivity index (χ3v) is 2.50. The Balaban J connectivity index is 2.68. The first-order chi connectivity index (χ1) is 7.69. The summed E-state index contributed by atoms with van der Waals surface area (Å²) in [5.74, 6) is 0.829. The molecule has 1 heterocycles. The fraction of sp³-hybridized carbons (Fsp3) is 0.700. The fourth-order valence-electron chi connectivity index (χ4n) is 1.39. The number of H-pyrrole nitrogens is 1. The smallest absolute Gasteiger partial charge is 0.240 e. The SMILES string of the molecule is CCCNC(=O)Cn1c(CCC)n[nH]c1=S. The van der Waals surface area contributed by atoms with Gasteiger partial charge in [-0.2, -0.15) is 5.10 Å². The van der Waals surface area contributed by atoms with Crippen molar-refractivity contribution in [3.05, 3.63) is 10.6 Å². The van der Waals surface area contributed by atoms with Crippen molar-refractivity contribution in [1.29, 1.82) is 0 Å². The molecule has 5 nitrogen and oxygen atoms in total. The van der Waals surface area contributed by atoms with Crippen LogP contribution in [0.25, 0.3) is 0 Å². The Morgan fingerprint density at radius 1 is 1.50 bits per heavy atom. The maximum Gasteiger partial charge on any atom is 0.240 e. The number of hydrogen-bond acceptors (Lipinski definition) is 3. The summed E-state index contributed by atoms with van der Waals surface area (Å²) < 4.78 is 2.26. The minimum Gasteiger partial charge on any atom is -0.355 e. The van der Waals surface area contributed by atoms with Gasteiger partial charge in [0.25, 0.3) is 0 Å². The largest absolute Gasteiger partial charge is 0.355 e. The number of carbonyl (C=O) groups is 1. The summed E-state index contributed by atoms with van der Waals surface area (Å²) in [6.07, 6.45) is 2.74. The van der Waals surface area contributed by atoms with Crippen LogP contribution >= 0.6 is 12.2 Å². The molecular weight excluding hydrogens is 224 g/mol. The number of amides is 1. The zero-order valence-electron chi connectivity index (χ0n) is 9.75. The molecule has 1 aromatic heterocycles. The van der Waals surface area contributed by atoms with Gasteiger partial charge in [-0.15, -0.1) is 0 Å². The van der Waals surface area contributed by atoms with Gasteiger partial charge in [0.15, 0.2) is 4.77 Å². The quantitative estimate of drug-likeness (QED) is 0.742. The zero-order valence-corrected chi connectivity index (χ0v) is 10.6. The Bertz CT molecular complexity index is 396. The Kier molecular flexibility index (Phi) is 5.18. The van der Waals surface area contributed by atoms with E-state index < -0.39 is 0 Å². The van der Waals surface area contributed by atoms with Gasteiger partial charge in [0.2, 0.25) is 5.91 Å². The van der Waals surface area contributed by atoms with Crippen LogP contribution in [0.5, 0.6) is 0 Å². The van der Waals surface area contributed by atoms with Gasteiger partial charge in [-0.1, -0.05) is 13.8 Å². The van der Waals surface area contributed by atoms with Crippen LogP contribution in [-0.2, 0) is 17.8 Å². The molecule has 2 N–H and O–H groups in total. The average molecular weight is 242 g/mol. The van der Waals surface area contributed by atoms with E-state index in [2.05, 4.69) is 22.4 Å². The van der Waals surface area contributed by atoms with Crippen LogP contribution in [0.1, 0.15) is 32.5 Å². The maximum atomic E-state index is 11.6. The average Bonchev–Trinajstić information content (AvgIpc) is 2.59. The predicted molar refractivity (Wildman–Crippen MR) is 64.7 cm³/mol. The molecule has 1 rings (SSSR count). The molecule has 6 heteroatoms. The minimum absolute atomic E-state index is 0.0169. The molecule has 0 fully saturated rings. The van der Waals surface area contributed by atoms with Gasteiger partial charge in [0.1, 0.15) is 12.4 Å². The van der Waals surface area contributed by atoms with Gasteiger partial charge in [0.05, 0.1) is 0 Å². The van der Waals surface area contributed by atoms with Crippen LogP contribution in [0, 0.1) is 4.77 Å². The second-order valence-corrected chi connectivity index (χ2v) is 4.02. The first-order valence-corrected chi connectivity index (χ1v) is 6.00. The fourth-order valence-corrected chi connectivity index (χ4v) is 1.61. The van der Waals surface area contributed by atoms with Crippen molar-refractivity contribution in [2.75, 3.05) is 6.54 Å². The summed E-state index contributed by atoms with van der Waals surface area (Å²) in [5.41, 5.74) is 0. The molecular formula is C10H18N4OS. The lowest BCUT2D eigenvalue weighted by Gasteiger charge is -2.06. The molecule has 0 saturated heterocycles. The van der Waals surface area contributed by atoms with E-state index in [-0.39, 0.29) is 12.5 Å². The first kappa shape index (κ1) is 12.9. The molecule has 0 atom stereocenters. The maximum absolute atomic E-state index is 11.6.